The summed E-state index contributed by atoms with van der Waals surface area (Å²) in [6.07, 6.45) is 7.33. The lowest BCUT2D eigenvalue weighted by Crippen LogP contribution is -2.01. The van der Waals surface area contributed by atoms with Crippen molar-refractivity contribution in [1.82, 2.24) is 9.55 Å². The molecule has 0 aliphatic carbocycles. The summed E-state index contributed by atoms with van der Waals surface area (Å²) in [4.78, 5) is 4.28. The number of pyridine rings is 1. The maximum atomic E-state index is 5.90. The molecule has 0 aliphatic heterocycles. The monoisotopic (exact) mass is 324 g/mol. The predicted molar refractivity (Wildman–Crippen MR) is 99.0 cm³/mol. The largest absolute Gasteiger partial charge is 0.497 e. The number of ether oxygens (including phenoxy) is 1. The lowest BCUT2D eigenvalue weighted by Gasteiger charge is -2.05. The number of nitrogen functional groups attached to an aromatic ring is 1. The van der Waals surface area contributed by atoms with E-state index in [1.165, 1.54) is 0 Å². The maximum Gasteiger partial charge on any atom is 0.125 e. The van der Waals surface area contributed by atoms with Gasteiger partial charge in [0, 0.05) is 36.0 Å². The number of anilines is 1. The van der Waals surface area contributed by atoms with E-state index < -0.39 is 0 Å². The lowest BCUT2D eigenvalue weighted by molar-refractivity contribution is 0.415. The van der Waals surface area contributed by atoms with E-state index in [0.29, 0.717) is 5.82 Å². The molecule has 5 heteroatoms. The van der Waals surface area contributed by atoms with E-state index in [2.05, 4.69) is 21.8 Å². The fourth-order valence-corrected chi connectivity index (χ4v) is 3.01. The van der Waals surface area contributed by atoms with E-state index >= 15 is 0 Å². The van der Waals surface area contributed by atoms with Gasteiger partial charge in [-0.1, -0.05) is 18.6 Å². The number of nitrogens with two attached hydrogens (primary N) is 2. The summed E-state index contributed by atoms with van der Waals surface area (Å²) in [5.74, 6) is 1.39. The van der Waals surface area contributed by atoms with E-state index in [0.717, 1.165) is 60.1 Å². The van der Waals surface area contributed by atoms with Crippen molar-refractivity contribution in [1.29, 1.82) is 0 Å². The standard InChI is InChI=1S/C19H24N4O/c1-24-15-7-5-6-14(10-15)17-13-23(9-4-2-3-8-20)18-11-19(21)22-12-16(17)18/h5-7,10-13H,2-4,8-9,20H2,1H3,(H2,21,22). The summed E-state index contributed by atoms with van der Waals surface area (Å²) in [6, 6.07) is 10.0. The molecule has 0 radical (unpaired) electrons. The van der Waals surface area contributed by atoms with E-state index in [1.807, 2.05) is 30.5 Å². The summed E-state index contributed by atoms with van der Waals surface area (Å²) in [5, 5.41) is 1.11. The Labute approximate surface area is 142 Å². The van der Waals surface area contributed by atoms with Crippen molar-refractivity contribution in [2.75, 3.05) is 19.4 Å². The van der Waals surface area contributed by atoms with Crippen LogP contribution in [-0.4, -0.2) is 23.2 Å². The molecule has 4 N–H and O–H groups in total. The third-order valence-electron chi connectivity index (χ3n) is 4.27. The molecule has 0 fully saturated rings. The molecule has 3 aromatic rings. The first kappa shape index (κ1) is 16.3. The van der Waals surface area contributed by atoms with Crippen molar-refractivity contribution in [3.8, 4) is 16.9 Å². The second-order valence-corrected chi connectivity index (χ2v) is 5.94. The van der Waals surface area contributed by atoms with Crippen molar-refractivity contribution in [2.24, 2.45) is 5.73 Å². The number of hydrogen-bond acceptors (Lipinski definition) is 4. The van der Waals surface area contributed by atoms with Gasteiger partial charge in [-0.15, -0.1) is 0 Å². The van der Waals surface area contributed by atoms with Crippen LogP contribution >= 0.6 is 0 Å². The van der Waals surface area contributed by atoms with Crippen molar-refractivity contribution >= 4 is 16.7 Å². The molecule has 0 spiro atoms. The van der Waals surface area contributed by atoms with Gasteiger partial charge in [-0.2, -0.15) is 0 Å². The van der Waals surface area contributed by atoms with Gasteiger partial charge in [-0.25, -0.2) is 4.98 Å². The predicted octanol–water partition coefficient (Wildman–Crippen LogP) is 3.42. The average molecular weight is 324 g/mol. The number of hydrogen-bond donors (Lipinski definition) is 2. The molecule has 0 amide bonds. The first-order valence-electron chi connectivity index (χ1n) is 8.32. The van der Waals surface area contributed by atoms with Crippen LogP contribution in [0.5, 0.6) is 5.75 Å². The van der Waals surface area contributed by atoms with Gasteiger partial charge in [0.25, 0.3) is 0 Å². The Morgan fingerprint density at radius 3 is 2.83 bits per heavy atom. The zero-order valence-electron chi connectivity index (χ0n) is 14.0. The number of fused-ring (bicyclic) bond motifs is 1. The quantitative estimate of drug-likeness (QED) is 0.653. The van der Waals surface area contributed by atoms with E-state index in [1.54, 1.807) is 7.11 Å². The van der Waals surface area contributed by atoms with Crippen LogP contribution < -0.4 is 16.2 Å². The minimum Gasteiger partial charge on any atom is -0.497 e. The Hall–Kier alpha value is -2.53. The summed E-state index contributed by atoms with van der Waals surface area (Å²) in [6.45, 7) is 1.70. The lowest BCUT2D eigenvalue weighted by atomic mass is 10.1. The summed E-state index contributed by atoms with van der Waals surface area (Å²) < 4.78 is 7.61. The molecule has 0 saturated heterocycles. The molecule has 3 rings (SSSR count). The van der Waals surface area contributed by atoms with Crippen molar-refractivity contribution in [3.63, 3.8) is 0 Å². The van der Waals surface area contributed by atoms with E-state index in [9.17, 15) is 0 Å². The molecular formula is C19H24N4O. The number of unbranched alkanes of at least 4 members (excludes halogenated alkanes) is 2. The van der Waals surface area contributed by atoms with Crippen molar-refractivity contribution < 1.29 is 4.74 Å². The molecule has 126 valence electrons. The molecule has 5 nitrogen and oxygen atoms in total. The third kappa shape index (κ3) is 3.36. The van der Waals surface area contributed by atoms with Crippen LogP contribution in [0, 0.1) is 0 Å². The van der Waals surface area contributed by atoms with Crippen LogP contribution in [0.3, 0.4) is 0 Å². The molecule has 0 bridgehead atoms. The Morgan fingerprint density at radius 2 is 2.04 bits per heavy atom. The smallest absolute Gasteiger partial charge is 0.125 e. The van der Waals surface area contributed by atoms with Crippen molar-refractivity contribution in [3.05, 3.63) is 42.7 Å². The summed E-state index contributed by atoms with van der Waals surface area (Å²) in [5.41, 5.74) is 14.9. The van der Waals surface area contributed by atoms with Gasteiger partial charge in [0.05, 0.1) is 12.6 Å². The highest BCUT2D eigenvalue weighted by Gasteiger charge is 2.12. The van der Waals surface area contributed by atoms with Crippen molar-refractivity contribution in [2.45, 2.75) is 25.8 Å². The highest BCUT2D eigenvalue weighted by atomic mass is 16.5. The fourth-order valence-electron chi connectivity index (χ4n) is 3.01. The molecule has 0 aliphatic rings. The molecule has 2 aromatic heterocycles. The molecule has 0 atom stereocenters. The number of methoxy groups -OCH3 is 1. The number of nitrogens with zero attached hydrogens (tertiary/aromatic N) is 2. The fraction of sp³-hybridized carbons (Fsp3) is 0.316. The molecule has 0 unspecified atom stereocenters. The zero-order chi connectivity index (χ0) is 16.9. The Balaban J connectivity index is 2.01. The Morgan fingerprint density at radius 1 is 1.17 bits per heavy atom. The van der Waals surface area contributed by atoms with Gasteiger partial charge in [-0.05, 0) is 37.1 Å². The normalized spacial score (nSPS) is 11.1. The van der Waals surface area contributed by atoms with E-state index in [-0.39, 0.29) is 0 Å². The van der Waals surface area contributed by atoms with Gasteiger partial charge in [0.15, 0.2) is 0 Å². The van der Waals surface area contributed by atoms with Crippen LogP contribution in [0.1, 0.15) is 19.3 Å². The second kappa shape index (κ2) is 7.36. The molecular weight excluding hydrogens is 300 g/mol. The van der Waals surface area contributed by atoms with Gasteiger partial charge in [-0.3, -0.25) is 0 Å². The van der Waals surface area contributed by atoms with Crippen LogP contribution in [0.4, 0.5) is 5.82 Å². The number of rotatable bonds is 7. The molecule has 1 aromatic carbocycles. The van der Waals surface area contributed by atoms with Gasteiger partial charge < -0.3 is 20.8 Å². The van der Waals surface area contributed by atoms with Gasteiger partial charge >= 0.3 is 0 Å². The third-order valence-corrected chi connectivity index (χ3v) is 4.27. The van der Waals surface area contributed by atoms with Crippen LogP contribution in [0.25, 0.3) is 22.0 Å². The second-order valence-electron chi connectivity index (χ2n) is 5.94. The maximum absolute atomic E-state index is 5.90. The minimum atomic E-state index is 0.543. The SMILES string of the molecule is COc1cccc(-c2cn(CCCCCN)c3cc(N)ncc23)c1. The average Bonchev–Trinajstić information content (AvgIpc) is 2.96. The van der Waals surface area contributed by atoms with Gasteiger partial charge in [0.1, 0.15) is 11.6 Å². The summed E-state index contributed by atoms with van der Waals surface area (Å²) >= 11 is 0. The Bertz CT molecular complexity index is 825. The highest BCUT2D eigenvalue weighted by molar-refractivity contribution is 5.96. The molecule has 0 saturated carbocycles. The molecule has 2 heterocycles. The first-order chi connectivity index (χ1) is 11.7. The van der Waals surface area contributed by atoms with Gasteiger partial charge in [0.2, 0.25) is 0 Å². The number of aromatic nitrogens is 2. The Kier molecular flexibility index (Phi) is 5.01. The van der Waals surface area contributed by atoms with Crippen LogP contribution in [-0.2, 0) is 6.54 Å². The topological polar surface area (TPSA) is 79.1 Å². The zero-order valence-corrected chi connectivity index (χ0v) is 14.0. The molecule has 24 heavy (non-hydrogen) atoms. The summed E-state index contributed by atoms with van der Waals surface area (Å²) in [7, 11) is 1.68. The number of aryl methyl sites for hydroxylation is 1. The number of benzene rings is 1. The first-order valence-corrected chi connectivity index (χ1v) is 8.32. The highest BCUT2D eigenvalue weighted by Crippen LogP contribution is 2.33. The van der Waals surface area contributed by atoms with Crippen LogP contribution in [0.2, 0.25) is 0 Å². The van der Waals surface area contributed by atoms with Crippen LogP contribution in [0.15, 0.2) is 42.7 Å². The van der Waals surface area contributed by atoms with E-state index in [4.69, 9.17) is 16.2 Å². The minimum absolute atomic E-state index is 0.543.